The van der Waals surface area contributed by atoms with Gasteiger partial charge in [0.2, 0.25) is 0 Å². The molecule has 3 heteroatoms. The van der Waals surface area contributed by atoms with Gasteiger partial charge in [-0.3, -0.25) is 0 Å². The third-order valence-electron chi connectivity index (χ3n) is 2.96. The van der Waals surface area contributed by atoms with Crippen molar-refractivity contribution in [2.45, 2.75) is 32.4 Å². The summed E-state index contributed by atoms with van der Waals surface area (Å²) in [5, 5.41) is 5.70. The summed E-state index contributed by atoms with van der Waals surface area (Å²) in [6, 6.07) is 13.4. The Morgan fingerprint density at radius 1 is 1.28 bits per heavy atom. The number of nitrogens with one attached hydrogen (secondary N) is 1. The van der Waals surface area contributed by atoms with E-state index in [1.165, 1.54) is 21.3 Å². The summed E-state index contributed by atoms with van der Waals surface area (Å²) in [5.41, 5.74) is 1.42. The molecule has 2 aromatic rings. The van der Waals surface area contributed by atoms with Crippen LogP contribution >= 0.6 is 27.3 Å². The van der Waals surface area contributed by atoms with E-state index in [1.54, 1.807) is 11.3 Å². The molecule has 1 nitrogen and oxygen atoms in total. The predicted molar refractivity (Wildman–Crippen MR) is 83.1 cm³/mol. The molecule has 0 aliphatic carbocycles. The first-order valence-electron chi connectivity index (χ1n) is 6.24. The fourth-order valence-electron chi connectivity index (χ4n) is 1.85. The number of thiophene rings is 1. The highest BCUT2D eigenvalue weighted by Gasteiger charge is 2.03. The number of halogens is 1. The van der Waals surface area contributed by atoms with Crippen LogP contribution in [-0.4, -0.2) is 6.04 Å². The molecule has 1 aromatic carbocycles. The summed E-state index contributed by atoms with van der Waals surface area (Å²) < 4.78 is 1.18. The molecule has 1 atom stereocenters. The van der Waals surface area contributed by atoms with E-state index in [2.05, 4.69) is 69.9 Å². The van der Waals surface area contributed by atoms with Crippen LogP contribution in [0.3, 0.4) is 0 Å². The first kappa shape index (κ1) is 13.8. The maximum absolute atomic E-state index is 3.57. The Balaban J connectivity index is 1.71. The molecule has 0 aliphatic heterocycles. The van der Waals surface area contributed by atoms with E-state index in [4.69, 9.17) is 0 Å². The molecule has 0 unspecified atom stereocenters. The quantitative estimate of drug-likeness (QED) is 0.817. The van der Waals surface area contributed by atoms with Gasteiger partial charge in [-0.15, -0.1) is 11.3 Å². The fraction of sp³-hybridized carbons (Fsp3) is 0.333. The monoisotopic (exact) mass is 323 g/mol. The van der Waals surface area contributed by atoms with Crippen LogP contribution < -0.4 is 5.32 Å². The van der Waals surface area contributed by atoms with Crippen LogP contribution in [-0.2, 0) is 13.0 Å². The van der Waals surface area contributed by atoms with Gasteiger partial charge in [0, 0.05) is 27.3 Å². The topological polar surface area (TPSA) is 12.0 Å². The predicted octanol–water partition coefficient (Wildman–Crippen LogP) is 4.62. The first-order valence-corrected chi connectivity index (χ1v) is 7.91. The van der Waals surface area contributed by atoms with Crippen molar-refractivity contribution in [1.82, 2.24) is 5.32 Å². The lowest BCUT2D eigenvalue weighted by Crippen LogP contribution is -2.25. The highest BCUT2D eigenvalue weighted by atomic mass is 79.9. The van der Waals surface area contributed by atoms with E-state index in [1.807, 2.05) is 0 Å². The molecule has 0 saturated carbocycles. The smallest absolute Gasteiger partial charge is 0.0302 e. The number of aryl methyl sites for hydroxylation is 1. The minimum Gasteiger partial charge on any atom is -0.309 e. The van der Waals surface area contributed by atoms with Crippen LogP contribution in [0.15, 0.2) is 46.3 Å². The van der Waals surface area contributed by atoms with Crippen LogP contribution in [0.4, 0.5) is 0 Å². The second-order valence-electron chi connectivity index (χ2n) is 4.54. The molecule has 1 aromatic heterocycles. The van der Waals surface area contributed by atoms with Gasteiger partial charge in [-0.1, -0.05) is 30.3 Å². The summed E-state index contributed by atoms with van der Waals surface area (Å²) in [6.07, 6.45) is 2.32. The molecule has 0 amide bonds. The average molecular weight is 324 g/mol. The lowest BCUT2D eigenvalue weighted by molar-refractivity contribution is 0.516. The van der Waals surface area contributed by atoms with Gasteiger partial charge in [0.1, 0.15) is 0 Å². The molecule has 2 rings (SSSR count). The highest BCUT2D eigenvalue weighted by molar-refractivity contribution is 9.10. The van der Waals surface area contributed by atoms with Gasteiger partial charge in [-0.05, 0) is 47.3 Å². The van der Waals surface area contributed by atoms with Gasteiger partial charge in [-0.25, -0.2) is 0 Å². The number of benzene rings is 1. The van der Waals surface area contributed by atoms with Crippen molar-refractivity contribution in [2.24, 2.45) is 0 Å². The summed E-state index contributed by atoms with van der Waals surface area (Å²) >= 11 is 5.28. The Kier molecular flexibility index (Phi) is 5.42. The zero-order chi connectivity index (χ0) is 12.8. The lowest BCUT2D eigenvalue weighted by Gasteiger charge is -2.12. The zero-order valence-electron chi connectivity index (χ0n) is 10.5. The second-order valence-corrected chi connectivity index (χ2v) is 6.45. The standard InChI is InChI=1S/C15H18BrNS/c1-12(7-8-13-5-3-2-4-6-13)17-10-15-9-14(16)11-18-15/h2-6,9,11-12,17H,7-8,10H2,1H3/t12-/m0/s1. The van der Waals surface area contributed by atoms with Gasteiger partial charge in [-0.2, -0.15) is 0 Å². The molecule has 1 N–H and O–H groups in total. The van der Waals surface area contributed by atoms with Crippen molar-refractivity contribution >= 4 is 27.3 Å². The molecule has 0 spiro atoms. The first-order chi connectivity index (χ1) is 8.74. The third kappa shape index (κ3) is 4.56. The van der Waals surface area contributed by atoms with E-state index in [9.17, 15) is 0 Å². The summed E-state index contributed by atoms with van der Waals surface area (Å²) in [7, 11) is 0. The summed E-state index contributed by atoms with van der Waals surface area (Å²) in [4.78, 5) is 1.38. The van der Waals surface area contributed by atoms with Gasteiger partial charge in [0.25, 0.3) is 0 Å². The van der Waals surface area contributed by atoms with Gasteiger partial charge in [0.05, 0.1) is 0 Å². The van der Waals surface area contributed by atoms with Crippen molar-refractivity contribution in [3.8, 4) is 0 Å². The minimum absolute atomic E-state index is 0.547. The van der Waals surface area contributed by atoms with Crippen LogP contribution in [0.25, 0.3) is 0 Å². The largest absolute Gasteiger partial charge is 0.309 e. The molecule has 0 saturated heterocycles. The number of hydrogen-bond acceptors (Lipinski definition) is 2. The molecule has 1 heterocycles. The number of hydrogen-bond donors (Lipinski definition) is 1. The Morgan fingerprint density at radius 2 is 2.06 bits per heavy atom. The van der Waals surface area contributed by atoms with Crippen LogP contribution in [0.2, 0.25) is 0 Å². The molecule has 96 valence electrons. The molecule has 0 bridgehead atoms. The summed E-state index contributed by atoms with van der Waals surface area (Å²) in [6.45, 7) is 3.22. The van der Waals surface area contributed by atoms with E-state index >= 15 is 0 Å². The van der Waals surface area contributed by atoms with Crippen molar-refractivity contribution < 1.29 is 0 Å². The van der Waals surface area contributed by atoms with Gasteiger partial charge < -0.3 is 5.32 Å². The third-order valence-corrected chi connectivity index (χ3v) is 4.65. The maximum Gasteiger partial charge on any atom is 0.0302 e. The molecule has 0 fully saturated rings. The van der Waals surface area contributed by atoms with Crippen LogP contribution in [0.5, 0.6) is 0 Å². The van der Waals surface area contributed by atoms with E-state index < -0.39 is 0 Å². The molecular weight excluding hydrogens is 306 g/mol. The van der Waals surface area contributed by atoms with Gasteiger partial charge in [0.15, 0.2) is 0 Å². The Labute approximate surface area is 121 Å². The summed E-state index contributed by atoms with van der Waals surface area (Å²) in [5.74, 6) is 0. The lowest BCUT2D eigenvalue weighted by atomic mass is 10.1. The Hall–Kier alpha value is -0.640. The molecule has 18 heavy (non-hydrogen) atoms. The van der Waals surface area contributed by atoms with E-state index in [0.717, 1.165) is 13.0 Å². The van der Waals surface area contributed by atoms with Crippen molar-refractivity contribution in [3.63, 3.8) is 0 Å². The zero-order valence-corrected chi connectivity index (χ0v) is 12.9. The normalized spacial score (nSPS) is 12.6. The van der Waals surface area contributed by atoms with E-state index in [0.29, 0.717) is 6.04 Å². The molecular formula is C15H18BrNS. The van der Waals surface area contributed by atoms with Crippen LogP contribution in [0, 0.1) is 0 Å². The minimum atomic E-state index is 0.547. The van der Waals surface area contributed by atoms with Crippen LogP contribution in [0.1, 0.15) is 23.8 Å². The molecule has 0 aliphatic rings. The van der Waals surface area contributed by atoms with Crippen molar-refractivity contribution in [1.29, 1.82) is 0 Å². The van der Waals surface area contributed by atoms with Gasteiger partial charge >= 0.3 is 0 Å². The second kappa shape index (κ2) is 7.07. The molecule has 0 radical (unpaired) electrons. The average Bonchev–Trinajstić information content (AvgIpc) is 2.81. The Bertz CT molecular complexity index is 466. The fourth-order valence-corrected chi connectivity index (χ4v) is 3.25. The number of rotatable bonds is 6. The Morgan fingerprint density at radius 3 is 2.72 bits per heavy atom. The highest BCUT2D eigenvalue weighted by Crippen LogP contribution is 2.19. The van der Waals surface area contributed by atoms with E-state index in [-0.39, 0.29) is 0 Å². The SMILES string of the molecule is C[C@@H](CCc1ccccc1)NCc1cc(Br)cs1. The van der Waals surface area contributed by atoms with Crippen molar-refractivity contribution in [2.75, 3.05) is 0 Å². The van der Waals surface area contributed by atoms with Crippen molar-refractivity contribution in [3.05, 3.63) is 56.7 Å². The maximum atomic E-state index is 3.57.